The molecular formula is C12H26N2O3S. The predicted molar refractivity (Wildman–Crippen MR) is 73.1 cm³/mol. The fraction of sp³-hybridized carbons (Fsp3) is 1.00. The molecule has 0 radical (unpaired) electrons. The first-order valence-corrected chi connectivity index (χ1v) is 8.33. The zero-order valence-corrected chi connectivity index (χ0v) is 12.4. The highest BCUT2D eigenvalue weighted by Gasteiger charge is 2.27. The van der Waals surface area contributed by atoms with Crippen LogP contribution >= 0.6 is 0 Å². The molecule has 0 bridgehead atoms. The molecule has 3 unspecified atom stereocenters. The molecule has 0 saturated carbocycles. The number of ether oxygens (including phenoxy) is 1. The van der Waals surface area contributed by atoms with E-state index in [2.05, 4.69) is 17.0 Å². The second-order valence-electron chi connectivity index (χ2n) is 5.08. The van der Waals surface area contributed by atoms with Gasteiger partial charge < -0.3 is 10.1 Å². The van der Waals surface area contributed by atoms with E-state index >= 15 is 0 Å². The Hall–Kier alpha value is -0.170. The number of hydrogen-bond acceptors (Lipinski definition) is 4. The summed E-state index contributed by atoms with van der Waals surface area (Å²) < 4.78 is 32.4. The molecule has 6 heteroatoms. The van der Waals surface area contributed by atoms with E-state index in [1.165, 1.54) is 0 Å². The average Bonchev–Trinajstić information content (AvgIpc) is 2.28. The number of hydrogen-bond donors (Lipinski definition) is 2. The quantitative estimate of drug-likeness (QED) is 0.678. The van der Waals surface area contributed by atoms with Crippen molar-refractivity contribution in [3.05, 3.63) is 0 Å². The Bertz CT molecular complexity index is 332. The van der Waals surface area contributed by atoms with Gasteiger partial charge in [-0.25, -0.2) is 13.1 Å². The van der Waals surface area contributed by atoms with Crippen LogP contribution in [0.2, 0.25) is 0 Å². The molecule has 18 heavy (non-hydrogen) atoms. The van der Waals surface area contributed by atoms with Crippen molar-refractivity contribution < 1.29 is 13.2 Å². The average molecular weight is 278 g/mol. The van der Waals surface area contributed by atoms with Crippen molar-refractivity contribution >= 4 is 10.0 Å². The van der Waals surface area contributed by atoms with E-state index in [-0.39, 0.29) is 12.1 Å². The lowest BCUT2D eigenvalue weighted by atomic mass is 10.1. The summed E-state index contributed by atoms with van der Waals surface area (Å²) in [6.07, 6.45) is 2.67. The molecule has 1 saturated heterocycles. The minimum Gasteiger partial charge on any atom is -0.378 e. The Morgan fingerprint density at radius 3 is 2.78 bits per heavy atom. The Morgan fingerprint density at radius 2 is 2.17 bits per heavy atom. The first-order chi connectivity index (χ1) is 8.45. The van der Waals surface area contributed by atoms with E-state index in [0.717, 1.165) is 25.8 Å². The summed E-state index contributed by atoms with van der Waals surface area (Å²) in [5.74, 6) is 0. The Labute approximate surface area is 111 Å². The van der Waals surface area contributed by atoms with Gasteiger partial charge in [-0.1, -0.05) is 6.92 Å². The van der Waals surface area contributed by atoms with Crippen LogP contribution in [0.3, 0.4) is 0 Å². The van der Waals surface area contributed by atoms with Crippen LogP contribution in [0.25, 0.3) is 0 Å². The number of rotatable bonds is 7. The molecule has 5 nitrogen and oxygen atoms in total. The molecule has 0 aliphatic carbocycles. The van der Waals surface area contributed by atoms with Crippen LogP contribution in [-0.4, -0.2) is 45.5 Å². The van der Waals surface area contributed by atoms with Crippen molar-refractivity contribution in [2.45, 2.75) is 57.4 Å². The maximum Gasteiger partial charge on any atom is 0.215 e. The lowest BCUT2D eigenvalue weighted by molar-refractivity contribution is 0.0173. The maximum atomic E-state index is 12.1. The Kier molecular flexibility index (Phi) is 6.55. The summed E-state index contributed by atoms with van der Waals surface area (Å²) in [6, 6.07) is 0.0207. The number of nitrogens with one attached hydrogen (secondary N) is 2. The monoisotopic (exact) mass is 278 g/mol. The molecule has 1 heterocycles. The third kappa shape index (κ3) is 5.22. The minimum atomic E-state index is -3.23. The molecular weight excluding hydrogens is 252 g/mol. The lowest BCUT2D eigenvalue weighted by Crippen LogP contribution is -2.46. The van der Waals surface area contributed by atoms with Crippen molar-refractivity contribution in [2.24, 2.45) is 0 Å². The van der Waals surface area contributed by atoms with E-state index < -0.39 is 15.3 Å². The molecule has 0 aromatic carbocycles. The second kappa shape index (κ2) is 7.43. The molecule has 3 atom stereocenters. The largest absolute Gasteiger partial charge is 0.378 e. The standard InChI is InChI=1S/C12H26N2O3S/c1-4-6-13-9-11(3)18(15,16)14-12-5-7-17-10(2)8-12/h10-14H,4-9H2,1-3H3. The summed E-state index contributed by atoms with van der Waals surface area (Å²) >= 11 is 0. The van der Waals surface area contributed by atoms with Gasteiger partial charge in [0.05, 0.1) is 11.4 Å². The summed E-state index contributed by atoms with van der Waals surface area (Å²) in [4.78, 5) is 0. The highest BCUT2D eigenvalue weighted by Crippen LogP contribution is 2.14. The van der Waals surface area contributed by atoms with Crippen molar-refractivity contribution in [1.82, 2.24) is 10.0 Å². The topological polar surface area (TPSA) is 67.4 Å². The number of sulfonamides is 1. The van der Waals surface area contributed by atoms with E-state index in [0.29, 0.717) is 13.2 Å². The first kappa shape index (κ1) is 15.9. The van der Waals surface area contributed by atoms with Gasteiger partial charge in [-0.3, -0.25) is 0 Å². The maximum absolute atomic E-state index is 12.1. The van der Waals surface area contributed by atoms with Gasteiger partial charge in [0.15, 0.2) is 0 Å². The molecule has 0 aromatic rings. The molecule has 0 spiro atoms. The third-order valence-corrected chi connectivity index (χ3v) is 5.09. The molecule has 0 amide bonds. The summed E-state index contributed by atoms with van der Waals surface area (Å²) in [7, 11) is -3.23. The van der Waals surface area contributed by atoms with Crippen LogP contribution in [0.4, 0.5) is 0 Å². The Morgan fingerprint density at radius 1 is 1.44 bits per heavy atom. The fourth-order valence-corrected chi connectivity index (χ4v) is 3.29. The van der Waals surface area contributed by atoms with Crippen molar-refractivity contribution in [3.63, 3.8) is 0 Å². The normalized spacial score (nSPS) is 27.1. The van der Waals surface area contributed by atoms with Gasteiger partial charge in [0.25, 0.3) is 0 Å². The smallest absolute Gasteiger partial charge is 0.215 e. The highest BCUT2D eigenvalue weighted by molar-refractivity contribution is 7.90. The predicted octanol–water partition coefficient (Wildman–Crippen LogP) is 0.861. The van der Waals surface area contributed by atoms with Crippen LogP contribution in [-0.2, 0) is 14.8 Å². The summed E-state index contributed by atoms with van der Waals surface area (Å²) in [5.41, 5.74) is 0. The molecule has 1 rings (SSSR count). The third-order valence-electron chi connectivity index (χ3n) is 3.20. The highest BCUT2D eigenvalue weighted by atomic mass is 32.2. The van der Waals surface area contributed by atoms with Gasteiger partial charge in [-0.2, -0.15) is 0 Å². The molecule has 1 fully saturated rings. The molecule has 1 aliphatic rings. The SMILES string of the molecule is CCCNCC(C)S(=O)(=O)NC1CCOC(C)C1. The van der Waals surface area contributed by atoms with Gasteiger partial charge in [0.1, 0.15) is 0 Å². The van der Waals surface area contributed by atoms with Crippen LogP contribution in [0.15, 0.2) is 0 Å². The zero-order valence-electron chi connectivity index (χ0n) is 11.6. The van der Waals surface area contributed by atoms with Crippen molar-refractivity contribution in [2.75, 3.05) is 19.7 Å². The van der Waals surface area contributed by atoms with Crippen LogP contribution in [0.5, 0.6) is 0 Å². The second-order valence-corrected chi connectivity index (χ2v) is 7.21. The summed E-state index contributed by atoms with van der Waals surface area (Å²) in [6.45, 7) is 7.78. The van der Waals surface area contributed by atoms with E-state index in [1.807, 2.05) is 6.92 Å². The van der Waals surface area contributed by atoms with Gasteiger partial charge in [0, 0.05) is 19.2 Å². The van der Waals surface area contributed by atoms with Gasteiger partial charge in [0.2, 0.25) is 10.0 Å². The molecule has 2 N–H and O–H groups in total. The van der Waals surface area contributed by atoms with Gasteiger partial charge in [-0.15, -0.1) is 0 Å². The van der Waals surface area contributed by atoms with Gasteiger partial charge in [-0.05, 0) is 39.7 Å². The molecule has 108 valence electrons. The minimum absolute atomic E-state index is 0.0207. The molecule has 0 aromatic heterocycles. The van der Waals surface area contributed by atoms with Crippen molar-refractivity contribution in [1.29, 1.82) is 0 Å². The summed E-state index contributed by atoms with van der Waals surface area (Å²) in [5, 5.41) is 2.74. The fourth-order valence-electron chi connectivity index (χ4n) is 2.05. The van der Waals surface area contributed by atoms with E-state index in [4.69, 9.17) is 4.74 Å². The van der Waals surface area contributed by atoms with Crippen LogP contribution in [0, 0.1) is 0 Å². The van der Waals surface area contributed by atoms with E-state index in [9.17, 15) is 8.42 Å². The molecule has 1 aliphatic heterocycles. The zero-order chi connectivity index (χ0) is 13.6. The van der Waals surface area contributed by atoms with Crippen LogP contribution in [0.1, 0.15) is 40.0 Å². The van der Waals surface area contributed by atoms with E-state index in [1.54, 1.807) is 6.92 Å². The van der Waals surface area contributed by atoms with Crippen LogP contribution < -0.4 is 10.0 Å². The Balaban J connectivity index is 2.42. The lowest BCUT2D eigenvalue weighted by Gasteiger charge is -2.28. The first-order valence-electron chi connectivity index (χ1n) is 6.79. The van der Waals surface area contributed by atoms with Gasteiger partial charge >= 0.3 is 0 Å². The van der Waals surface area contributed by atoms with Crippen molar-refractivity contribution in [3.8, 4) is 0 Å².